The first-order chi connectivity index (χ1) is 9.20. The first kappa shape index (κ1) is 14.6. The number of benzene rings is 1. The maximum atomic E-state index is 9.31. The van der Waals surface area contributed by atoms with Crippen LogP contribution in [0.1, 0.15) is 50.6 Å². The topological polar surface area (TPSA) is 35.8 Å². The largest absolute Gasteiger partial charge is 0.306 e. The van der Waals surface area contributed by atoms with Gasteiger partial charge in [0.05, 0.1) is 12.0 Å². The summed E-state index contributed by atoms with van der Waals surface area (Å²) in [5.74, 6) is 0.167. The van der Waals surface area contributed by atoms with Crippen LogP contribution in [0.2, 0.25) is 0 Å². The van der Waals surface area contributed by atoms with Crippen LogP contribution in [0.25, 0.3) is 0 Å². The van der Waals surface area contributed by atoms with Crippen LogP contribution in [-0.2, 0) is 0 Å². The molecule has 19 heavy (non-hydrogen) atoms. The van der Waals surface area contributed by atoms with E-state index < -0.39 is 0 Å². The predicted molar refractivity (Wildman–Crippen MR) is 81.7 cm³/mol. The highest BCUT2D eigenvalue weighted by atomic mass is 79.9. The molecule has 0 saturated heterocycles. The highest BCUT2D eigenvalue weighted by Crippen LogP contribution is 2.26. The summed E-state index contributed by atoms with van der Waals surface area (Å²) in [5.41, 5.74) is 1.28. The van der Waals surface area contributed by atoms with Crippen LogP contribution in [0, 0.1) is 17.2 Å². The van der Waals surface area contributed by atoms with Crippen LogP contribution in [0.4, 0.5) is 0 Å². The zero-order valence-corrected chi connectivity index (χ0v) is 13.0. The van der Waals surface area contributed by atoms with Gasteiger partial charge in [-0.3, -0.25) is 0 Å². The van der Waals surface area contributed by atoms with E-state index in [-0.39, 0.29) is 5.92 Å². The number of halogens is 1. The summed E-state index contributed by atoms with van der Waals surface area (Å²) in [6.07, 6.45) is 5.87. The standard InChI is InChI=1S/C16H21BrN2/c1-12(13-7-9-15(17)10-8-13)19-16-6-4-2-3-5-14(16)11-18/h7-10,12,14,16,19H,2-6H2,1H3. The van der Waals surface area contributed by atoms with Gasteiger partial charge in [0, 0.05) is 16.6 Å². The molecule has 1 fully saturated rings. The van der Waals surface area contributed by atoms with Crippen molar-refractivity contribution in [3.63, 3.8) is 0 Å². The highest BCUT2D eigenvalue weighted by Gasteiger charge is 2.24. The van der Waals surface area contributed by atoms with Crippen LogP contribution in [-0.4, -0.2) is 6.04 Å². The molecule has 0 bridgehead atoms. The minimum absolute atomic E-state index is 0.167. The smallest absolute Gasteiger partial charge is 0.0672 e. The molecule has 1 aromatic carbocycles. The fraction of sp³-hybridized carbons (Fsp3) is 0.562. The van der Waals surface area contributed by atoms with E-state index in [0.717, 1.165) is 17.3 Å². The molecule has 1 aromatic rings. The number of hydrogen-bond acceptors (Lipinski definition) is 2. The zero-order chi connectivity index (χ0) is 13.7. The molecule has 0 amide bonds. The Bertz CT molecular complexity index is 435. The van der Waals surface area contributed by atoms with Crippen LogP contribution in [0.15, 0.2) is 28.7 Å². The van der Waals surface area contributed by atoms with E-state index in [4.69, 9.17) is 0 Å². The molecular formula is C16H21BrN2. The second kappa shape index (κ2) is 7.07. The normalized spacial score (nSPS) is 25.3. The number of nitrogens with zero attached hydrogens (tertiary/aromatic N) is 1. The van der Waals surface area contributed by atoms with Gasteiger partial charge < -0.3 is 5.32 Å². The van der Waals surface area contributed by atoms with E-state index in [0.29, 0.717) is 12.1 Å². The molecular weight excluding hydrogens is 300 g/mol. The Morgan fingerprint density at radius 3 is 2.58 bits per heavy atom. The summed E-state index contributed by atoms with van der Waals surface area (Å²) in [6.45, 7) is 2.18. The lowest BCUT2D eigenvalue weighted by atomic mass is 9.95. The van der Waals surface area contributed by atoms with Crippen LogP contribution in [0.3, 0.4) is 0 Å². The Balaban J connectivity index is 2.02. The number of nitrogens with one attached hydrogen (secondary N) is 1. The Labute approximate surface area is 124 Å². The molecule has 2 rings (SSSR count). The van der Waals surface area contributed by atoms with Crippen molar-refractivity contribution in [3.8, 4) is 6.07 Å². The Hall–Kier alpha value is -0.850. The summed E-state index contributed by atoms with van der Waals surface area (Å²) in [4.78, 5) is 0. The molecule has 1 saturated carbocycles. The minimum Gasteiger partial charge on any atom is -0.306 e. The van der Waals surface area contributed by atoms with Crippen LogP contribution < -0.4 is 5.32 Å². The average Bonchev–Trinajstić information content (AvgIpc) is 2.64. The summed E-state index contributed by atoms with van der Waals surface area (Å²) in [5, 5.41) is 13.0. The van der Waals surface area contributed by atoms with Crippen LogP contribution in [0.5, 0.6) is 0 Å². The lowest BCUT2D eigenvalue weighted by Crippen LogP contribution is -2.36. The fourth-order valence-electron chi connectivity index (χ4n) is 2.83. The third-order valence-electron chi connectivity index (χ3n) is 4.02. The first-order valence-corrected chi connectivity index (χ1v) is 7.91. The van der Waals surface area contributed by atoms with Crippen molar-refractivity contribution in [1.82, 2.24) is 5.32 Å². The second-order valence-electron chi connectivity index (χ2n) is 5.42. The lowest BCUT2D eigenvalue weighted by Gasteiger charge is -2.25. The molecule has 0 spiro atoms. The summed E-state index contributed by atoms with van der Waals surface area (Å²) in [7, 11) is 0. The third kappa shape index (κ3) is 4.06. The molecule has 3 unspecified atom stereocenters. The molecule has 3 atom stereocenters. The number of rotatable bonds is 3. The van der Waals surface area contributed by atoms with Gasteiger partial charge in [-0.1, -0.05) is 47.3 Å². The molecule has 3 heteroatoms. The Morgan fingerprint density at radius 1 is 1.21 bits per heavy atom. The average molecular weight is 321 g/mol. The minimum atomic E-state index is 0.167. The van der Waals surface area contributed by atoms with Gasteiger partial charge in [0.2, 0.25) is 0 Å². The molecule has 0 radical (unpaired) electrons. The van der Waals surface area contributed by atoms with Crippen molar-refractivity contribution >= 4 is 15.9 Å². The quantitative estimate of drug-likeness (QED) is 0.828. The maximum absolute atomic E-state index is 9.31. The van der Waals surface area contributed by atoms with Crippen molar-refractivity contribution < 1.29 is 0 Å². The van der Waals surface area contributed by atoms with Gasteiger partial charge in [-0.2, -0.15) is 5.26 Å². The fourth-order valence-corrected chi connectivity index (χ4v) is 3.09. The predicted octanol–water partition coefficient (Wildman–Crippen LogP) is 4.57. The molecule has 1 N–H and O–H groups in total. The van der Waals surface area contributed by atoms with Gasteiger partial charge in [-0.15, -0.1) is 0 Å². The van der Waals surface area contributed by atoms with E-state index in [1.54, 1.807) is 0 Å². The monoisotopic (exact) mass is 320 g/mol. The van der Waals surface area contributed by atoms with Crippen molar-refractivity contribution in [3.05, 3.63) is 34.3 Å². The van der Waals surface area contributed by atoms with Crippen molar-refractivity contribution in [2.45, 2.75) is 51.1 Å². The van der Waals surface area contributed by atoms with Crippen molar-refractivity contribution in [1.29, 1.82) is 5.26 Å². The molecule has 102 valence electrons. The summed E-state index contributed by atoms with van der Waals surface area (Å²) < 4.78 is 1.10. The molecule has 1 aliphatic rings. The molecule has 1 aliphatic carbocycles. The van der Waals surface area contributed by atoms with E-state index >= 15 is 0 Å². The molecule has 2 nitrogen and oxygen atoms in total. The molecule has 0 heterocycles. The molecule has 0 aliphatic heterocycles. The van der Waals surface area contributed by atoms with E-state index in [1.807, 2.05) is 0 Å². The van der Waals surface area contributed by atoms with E-state index in [9.17, 15) is 5.26 Å². The Morgan fingerprint density at radius 2 is 1.89 bits per heavy atom. The van der Waals surface area contributed by atoms with Crippen molar-refractivity contribution in [2.75, 3.05) is 0 Å². The Kier molecular flexibility index (Phi) is 5.42. The van der Waals surface area contributed by atoms with E-state index in [1.165, 1.54) is 24.8 Å². The van der Waals surface area contributed by atoms with Crippen molar-refractivity contribution in [2.24, 2.45) is 5.92 Å². The van der Waals surface area contributed by atoms with Crippen LogP contribution >= 0.6 is 15.9 Å². The zero-order valence-electron chi connectivity index (χ0n) is 11.4. The van der Waals surface area contributed by atoms with Gasteiger partial charge in [0.1, 0.15) is 0 Å². The van der Waals surface area contributed by atoms with Gasteiger partial charge >= 0.3 is 0 Å². The number of hydrogen-bond donors (Lipinski definition) is 1. The highest BCUT2D eigenvalue weighted by molar-refractivity contribution is 9.10. The lowest BCUT2D eigenvalue weighted by molar-refractivity contribution is 0.361. The second-order valence-corrected chi connectivity index (χ2v) is 6.34. The summed E-state index contributed by atoms with van der Waals surface area (Å²) >= 11 is 3.46. The van der Waals surface area contributed by atoms with Gasteiger partial charge in [-0.25, -0.2) is 0 Å². The SMILES string of the molecule is CC(NC1CCCCCC1C#N)c1ccc(Br)cc1. The van der Waals surface area contributed by atoms with Gasteiger partial charge in [0.15, 0.2) is 0 Å². The number of nitriles is 1. The maximum Gasteiger partial charge on any atom is 0.0672 e. The third-order valence-corrected chi connectivity index (χ3v) is 4.54. The first-order valence-electron chi connectivity index (χ1n) is 7.12. The van der Waals surface area contributed by atoms with Gasteiger partial charge in [-0.05, 0) is 37.5 Å². The van der Waals surface area contributed by atoms with Gasteiger partial charge in [0.25, 0.3) is 0 Å². The van der Waals surface area contributed by atoms with E-state index in [2.05, 4.69) is 58.5 Å². The summed E-state index contributed by atoms with van der Waals surface area (Å²) in [6, 6.07) is 11.5. The molecule has 0 aromatic heterocycles.